The summed E-state index contributed by atoms with van der Waals surface area (Å²) in [5.41, 5.74) is 0. The monoisotopic (exact) mass is 398 g/mol. The molecule has 0 saturated carbocycles. The van der Waals surface area contributed by atoms with Gasteiger partial charge in [0.05, 0.1) is 0 Å². The van der Waals surface area contributed by atoms with Crippen molar-refractivity contribution >= 4 is 26.2 Å². The lowest BCUT2D eigenvalue weighted by Gasteiger charge is -2.46. The van der Waals surface area contributed by atoms with Crippen LogP contribution in [0.4, 0.5) is 0 Å². The average molecular weight is 399 g/mol. The van der Waals surface area contributed by atoms with Gasteiger partial charge in [-0.1, -0.05) is 20.8 Å². The Bertz CT molecular complexity index is 326. The van der Waals surface area contributed by atoms with Crippen molar-refractivity contribution in [2.24, 2.45) is 0 Å². The van der Waals surface area contributed by atoms with Crippen LogP contribution in [0.2, 0.25) is 24.7 Å². The average Bonchev–Trinajstić information content (AvgIpc) is 2.37. The Morgan fingerprint density at radius 3 is 1.00 bits per heavy atom. The van der Waals surface area contributed by atoms with Gasteiger partial charge < -0.3 is 25.9 Å². The second-order valence-electron chi connectivity index (χ2n) is 6.86. The molecule has 0 fully saturated rings. The summed E-state index contributed by atoms with van der Waals surface area (Å²) in [5, 5.41) is -0.197. The minimum absolute atomic E-state index is 0.197. The molecule has 0 bridgehead atoms. The molecule has 0 aliphatic heterocycles. The molecule has 146 valence electrons. The van der Waals surface area contributed by atoms with Gasteiger partial charge in [0.2, 0.25) is 0 Å². The molecule has 0 aromatic carbocycles. The molecule has 0 saturated heterocycles. The van der Waals surface area contributed by atoms with E-state index in [4.69, 9.17) is 25.9 Å². The van der Waals surface area contributed by atoms with Crippen LogP contribution in [0, 0.1) is 0 Å². The van der Waals surface area contributed by atoms with Gasteiger partial charge in [0.1, 0.15) is 0 Å². The van der Waals surface area contributed by atoms with Crippen LogP contribution in [-0.2, 0) is 25.9 Å². The highest BCUT2D eigenvalue weighted by molar-refractivity contribution is 6.84. The first-order valence-corrected chi connectivity index (χ1v) is 15.6. The fourth-order valence-electron chi connectivity index (χ4n) is 2.28. The molecule has 0 heterocycles. The Labute approximate surface area is 152 Å². The Balaban J connectivity index is 5.63. The van der Waals surface area contributed by atoms with Gasteiger partial charge in [0, 0.05) is 44.6 Å². The first-order chi connectivity index (χ1) is 10.9. The lowest BCUT2D eigenvalue weighted by Crippen LogP contribution is -2.63. The minimum atomic E-state index is -2.79. The smallest absolute Gasteiger partial charge is 0.393 e. The number of rotatable bonds is 12. The third kappa shape index (κ3) is 7.34. The maximum atomic E-state index is 6.55. The van der Waals surface area contributed by atoms with Gasteiger partial charge in [0.15, 0.2) is 0 Å². The molecule has 0 N–H and O–H groups in total. The highest BCUT2D eigenvalue weighted by atomic mass is 28.5. The molecule has 0 radical (unpaired) electrons. The van der Waals surface area contributed by atoms with Crippen LogP contribution in [0.1, 0.15) is 48.5 Å². The molecule has 0 aliphatic carbocycles. The van der Waals surface area contributed by atoms with Crippen LogP contribution in [0.5, 0.6) is 0 Å². The van der Waals surface area contributed by atoms with Crippen LogP contribution in [-0.4, -0.2) is 52.6 Å². The standard InChI is InChI=1S/C15H38O6Si3/c1-11-16-23(9,17-12-2)20-22(8,15(5,6)7)21-24(10,18-13-3)19-14-4/h11-14H2,1-10H3. The molecule has 24 heavy (non-hydrogen) atoms. The second kappa shape index (κ2) is 9.93. The summed E-state index contributed by atoms with van der Waals surface area (Å²) >= 11 is 0. The molecule has 0 aromatic rings. The first-order valence-electron chi connectivity index (χ1n) is 8.87. The third-order valence-electron chi connectivity index (χ3n) is 3.75. The Hall–Kier alpha value is 0.411. The zero-order valence-corrected chi connectivity index (χ0v) is 20.3. The summed E-state index contributed by atoms with van der Waals surface area (Å²) < 4.78 is 36.6. The summed E-state index contributed by atoms with van der Waals surface area (Å²) in [6.07, 6.45) is 0. The summed E-state index contributed by atoms with van der Waals surface area (Å²) in [6.45, 7) is 22.3. The maximum absolute atomic E-state index is 6.55. The second-order valence-corrected chi connectivity index (χ2v) is 16.5. The van der Waals surface area contributed by atoms with E-state index in [1.807, 2.05) is 40.8 Å². The fourth-order valence-corrected chi connectivity index (χ4v) is 14.1. The van der Waals surface area contributed by atoms with Crippen LogP contribution in [0.25, 0.3) is 0 Å². The van der Waals surface area contributed by atoms with Gasteiger partial charge in [-0.05, 0) is 34.2 Å². The molecule has 0 aromatic heterocycles. The third-order valence-corrected chi connectivity index (χ3v) is 15.8. The SMILES string of the molecule is CCO[Si](C)(OCC)O[Si](C)(O[Si](C)(OCC)OCC)C(C)(C)C. The van der Waals surface area contributed by atoms with Crippen molar-refractivity contribution in [1.82, 2.24) is 0 Å². The van der Waals surface area contributed by atoms with Crippen molar-refractivity contribution in [3.8, 4) is 0 Å². The van der Waals surface area contributed by atoms with Crippen LogP contribution in [0.15, 0.2) is 0 Å². The molecule has 9 heteroatoms. The minimum Gasteiger partial charge on any atom is -0.393 e. The zero-order chi connectivity index (χ0) is 19.1. The van der Waals surface area contributed by atoms with Gasteiger partial charge >= 0.3 is 26.2 Å². The zero-order valence-electron chi connectivity index (χ0n) is 17.3. The molecule has 6 nitrogen and oxygen atoms in total. The van der Waals surface area contributed by atoms with E-state index in [-0.39, 0.29) is 5.04 Å². The van der Waals surface area contributed by atoms with Crippen molar-refractivity contribution in [1.29, 1.82) is 0 Å². The van der Waals surface area contributed by atoms with Gasteiger partial charge in [-0.25, -0.2) is 0 Å². The fraction of sp³-hybridized carbons (Fsp3) is 1.00. The van der Waals surface area contributed by atoms with E-state index in [1.165, 1.54) is 0 Å². The van der Waals surface area contributed by atoms with Gasteiger partial charge in [-0.15, -0.1) is 0 Å². The van der Waals surface area contributed by atoms with Gasteiger partial charge in [-0.2, -0.15) is 0 Å². The highest BCUT2D eigenvalue weighted by Crippen LogP contribution is 2.41. The Morgan fingerprint density at radius 2 is 0.833 bits per heavy atom. The topological polar surface area (TPSA) is 55.4 Å². The number of hydrogen-bond donors (Lipinski definition) is 0. The molecule has 0 rings (SSSR count). The van der Waals surface area contributed by atoms with Gasteiger partial charge in [-0.3, -0.25) is 0 Å². The lowest BCUT2D eigenvalue weighted by molar-refractivity contribution is 0.0804. The molecule has 0 amide bonds. The van der Waals surface area contributed by atoms with Crippen molar-refractivity contribution in [3.05, 3.63) is 0 Å². The van der Waals surface area contributed by atoms with Gasteiger partial charge in [0.25, 0.3) is 0 Å². The largest absolute Gasteiger partial charge is 0.488 e. The summed E-state index contributed by atoms with van der Waals surface area (Å²) in [7, 11) is -8.33. The number of hydrogen-bond acceptors (Lipinski definition) is 6. The van der Waals surface area contributed by atoms with Crippen molar-refractivity contribution in [2.75, 3.05) is 26.4 Å². The highest BCUT2D eigenvalue weighted by Gasteiger charge is 2.56. The van der Waals surface area contributed by atoms with Crippen molar-refractivity contribution in [3.63, 3.8) is 0 Å². The van der Waals surface area contributed by atoms with E-state index >= 15 is 0 Å². The Morgan fingerprint density at radius 1 is 0.583 bits per heavy atom. The van der Waals surface area contributed by atoms with Crippen molar-refractivity contribution < 1.29 is 25.9 Å². The summed E-state index contributed by atoms with van der Waals surface area (Å²) in [6, 6.07) is 0. The van der Waals surface area contributed by atoms with Crippen LogP contribution >= 0.6 is 0 Å². The molecule has 0 aliphatic rings. The molecule has 0 atom stereocenters. The molecular weight excluding hydrogens is 360 g/mol. The summed E-state index contributed by atoms with van der Waals surface area (Å²) in [4.78, 5) is 0. The maximum Gasteiger partial charge on any atom is 0.488 e. The van der Waals surface area contributed by atoms with E-state index < -0.39 is 26.2 Å². The predicted molar refractivity (Wildman–Crippen MR) is 103 cm³/mol. The lowest BCUT2D eigenvalue weighted by atomic mass is 10.3. The quantitative estimate of drug-likeness (QED) is 0.460. The Kier molecular flexibility index (Phi) is 10.1. The summed E-state index contributed by atoms with van der Waals surface area (Å²) in [5.74, 6) is 0. The van der Waals surface area contributed by atoms with E-state index in [0.717, 1.165) is 0 Å². The normalized spacial score (nSPS) is 14.2. The molecule has 0 spiro atoms. The predicted octanol–water partition coefficient (Wildman–Crippen LogP) is 4.18. The first kappa shape index (κ1) is 24.4. The van der Waals surface area contributed by atoms with Crippen molar-refractivity contribution in [2.45, 2.75) is 73.1 Å². The van der Waals surface area contributed by atoms with E-state index in [1.54, 1.807) is 0 Å². The van der Waals surface area contributed by atoms with E-state index in [9.17, 15) is 0 Å². The van der Waals surface area contributed by atoms with Crippen LogP contribution < -0.4 is 0 Å². The van der Waals surface area contributed by atoms with E-state index in [2.05, 4.69) is 27.3 Å². The van der Waals surface area contributed by atoms with Crippen LogP contribution in [0.3, 0.4) is 0 Å². The molecule has 0 unspecified atom stereocenters. The molecular formula is C15H38O6Si3. The van der Waals surface area contributed by atoms with E-state index in [0.29, 0.717) is 26.4 Å².